The van der Waals surface area contributed by atoms with Crippen molar-refractivity contribution in [3.8, 4) is 11.5 Å². The molecule has 3 rings (SSSR count). The lowest BCUT2D eigenvalue weighted by molar-refractivity contribution is -0.114. The van der Waals surface area contributed by atoms with Crippen LogP contribution in [0.15, 0.2) is 42.5 Å². The molecule has 5 nitrogen and oxygen atoms in total. The fourth-order valence-electron chi connectivity index (χ4n) is 3.66. The van der Waals surface area contributed by atoms with Crippen molar-refractivity contribution in [2.45, 2.75) is 33.1 Å². The summed E-state index contributed by atoms with van der Waals surface area (Å²) < 4.78 is 5.82. The van der Waals surface area contributed by atoms with E-state index in [1.807, 2.05) is 0 Å². The van der Waals surface area contributed by atoms with Crippen LogP contribution in [0.3, 0.4) is 0 Å². The SMILES string of the molecule is CC(=O)Nc1cc(OCCN2CCC(Cc3ccc(C)cc3)CC2)ccc1O. The van der Waals surface area contributed by atoms with Gasteiger partial charge in [-0.2, -0.15) is 0 Å². The highest BCUT2D eigenvalue weighted by Crippen LogP contribution is 2.28. The fourth-order valence-corrected chi connectivity index (χ4v) is 3.66. The van der Waals surface area contributed by atoms with E-state index < -0.39 is 0 Å². The molecular formula is C23H30N2O3. The number of aromatic hydroxyl groups is 1. The Kier molecular flexibility index (Phi) is 6.93. The summed E-state index contributed by atoms with van der Waals surface area (Å²) in [6.07, 6.45) is 3.61. The lowest BCUT2D eigenvalue weighted by Crippen LogP contribution is -2.37. The highest BCUT2D eigenvalue weighted by Gasteiger charge is 2.19. The van der Waals surface area contributed by atoms with Crippen molar-refractivity contribution in [3.63, 3.8) is 0 Å². The van der Waals surface area contributed by atoms with Crippen LogP contribution in [0.1, 0.15) is 30.9 Å². The number of amides is 1. The molecule has 0 aliphatic carbocycles. The van der Waals surface area contributed by atoms with Gasteiger partial charge in [-0.25, -0.2) is 0 Å². The molecule has 1 fully saturated rings. The molecule has 2 N–H and O–H groups in total. The first-order valence-corrected chi connectivity index (χ1v) is 10.0. The molecule has 1 aliphatic rings. The Labute approximate surface area is 167 Å². The zero-order valence-electron chi connectivity index (χ0n) is 16.8. The highest BCUT2D eigenvalue weighted by molar-refractivity contribution is 5.90. The summed E-state index contributed by atoms with van der Waals surface area (Å²) in [5.74, 6) is 1.23. The van der Waals surface area contributed by atoms with Crippen LogP contribution in [0, 0.1) is 12.8 Å². The van der Waals surface area contributed by atoms with Gasteiger partial charge in [0.25, 0.3) is 0 Å². The molecule has 2 aromatic carbocycles. The van der Waals surface area contributed by atoms with Crippen LogP contribution in [-0.4, -0.2) is 42.2 Å². The van der Waals surface area contributed by atoms with Crippen LogP contribution < -0.4 is 10.1 Å². The molecule has 0 bridgehead atoms. The van der Waals surface area contributed by atoms with Crippen molar-refractivity contribution in [2.24, 2.45) is 5.92 Å². The van der Waals surface area contributed by atoms with E-state index >= 15 is 0 Å². The van der Waals surface area contributed by atoms with Gasteiger partial charge in [0.2, 0.25) is 5.91 Å². The largest absolute Gasteiger partial charge is 0.506 e. The molecule has 1 aliphatic heterocycles. The summed E-state index contributed by atoms with van der Waals surface area (Å²) in [7, 11) is 0. The van der Waals surface area contributed by atoms with Gasteiger partial charge in [-0.05, 0) is 62.9 Å². The first-order chi connectivity index (χ1) is 13.5. The topological polar surface area (TPSA) is 61.8 Å². The minimum absolute atomic E-state index is 0.0400. The van der Waals surface area contributed by atoms with Crippen molar-refractivity contribution < 1.29 is 14.6 Å². The van der Waals surface area contributed by atoms with E-state index in [2.05, 4.69) is 41.4 Å². The molecule has 28 heavy (non-hydrogen) atoms. The van der Waals surface area contributed by atoms with Crippen molar-refractivity contribution >= 4 is 11.6 Å². The Hall–Kier alpha value is -2.53. The zero-order valence-corrected chi connectivity index (χ0v) is 16.8. The van der Waals surface area contributed by atoms with Gasteiger partial charge in [0.1, 0.15) is 18.1 Å². The molecule has 5 heteroatoms. The molecule has 150 valence electrons. The Morgan fingerprint density at radius 2 is 1.89 bits per heavy atom. The summed E-state index contributed by atoms with van der Waals surface area (Å²) >= 11 is 0. The van der Waals surface area contributed by atoms with Crippen molar-refractivity contribution in [2.75, 3.05) is 31.6 Å². The van der Waals surface area contributed by atoms with Gasteiger partial charge in [0, 0.05) is 19.5 Å². The van der Waals surface area contributed by atoms with E-state index in [-0.39, 0.29) is 11.7 Å². The number of piperidine rings is 1. The third-order valence-electron chi connectivity index (χ3n) is 5.31. The molecular weight excluding hydrogens is 352 g/mol. The summed E-state index contributed by atoms with van der Waals surface area (Å²) in [5, 5.41) is 12.4. The standard InChI is InChI=1S/C23H30N2O3/c1-17-3-5-19(6-4-17)15-20-9-11-25(12-10-20)13-14-28-21-7-8-23(27)22(16-21)24-18(2)26/h3-8,16,20,27H,9-15H2,1-2H3,(H,24,26). The van der Waals surface area contributed by atoms with E-state index in [0.717, 1.165) is 25.6 Å². The number of benzene rings is 2. The van der Waals surface area contributed by atoms with Crippen LogP contribution in [0.5, 0.6) is 11.5 Å². The number of likely N-dealkylation sites (tertiary alicyclic amines) is 1. The molecule has 0 unspecified atom stereocenters. The van der Waals surface area contributed by atoms with Crippen molar-refractivity contribution in [3.05, 3.63) is 53.6 Å². The number of hydrogen-bond acceptors (Lipinski definition) is 4. The number of hydrogen-bond donors (Lipinski definition) is 2. The smallest absolute Gasteiger partial charge is 0.221 e. The number of carbonyl (C=O) groups excluding carboxylic acids is 1. The Morgan fingerprint density at radius 1 is 1.18 bits per heavy atom. The van der Waals surface area contributed by atoms with Crippen LogP contribution >= 0.6 is 0 Å². The van der Waals surface area contributed by atoms with Crippen LogP contribution in [0.25, 0.3) is 0 Å². The van der Waals surface area contributed by atoms with Crippen molar-refractivity contribution in [1.29, 1.82) is 0 Å². The van der Waals surface area contributed by atoms with Crippen LogP contribution in [-0.2, 0) is 11.2 Å². The number of rotatable bonds is 7. The van der Waals surface area contributed by atoms with Gasteiger partial charge in [-0.15, -0.1) is 0 Å². The maximum absolute atomic E-state index is 11.2. The monoisotopic (exact) mass is 382 g/mol. The van der Waals surface area contributed by atoms with Gasteiger partial charge < -0.3 is 15.2 Å². The Bertz CT molecular complexity index is 781. The lowest BCUT2D eigenvalue weighted by atomic mass is 9.90. The minimum Gasteiger partial charge on any atom is -0.506 e. The maximum atomic E-state index is 11.2. The molecule has 0 atom stereocenters. The predicted molar refractivity (Wildman–Crippen MR) is 112 cm³/mol. The van der Waals surface area contributed by atoms with E-state index in [1.165, 1.54) is 43.4 Å². The van der Waals surface area contributed by atoms with Crippen LogP contribution in [0.4, 0.5) is 5.69 Å². The summed E-state index contributed by atoms with van der Waals surface area (Å²) in [5.41, 5.74) is 3.13. The quantitative estimate of drug-likeness (QED) is 0.711. The van der Waals surface area contributed by atoms with Gasteiger partial charge in [-0.3, -0.25) is 9.69 Å². The Morgan fingerprint density at radius 3 is 2.57 bits per heavy atom. The fraction of sp³-hybridized carbons (Fsp3) is 0.435. The summed E-state index contributed by atoms with van der Waals surface area (Å²) in [4.78, 5) is 13.6. The molecule has 1 amide bonds. The van der Waals surface area contributed by atoms with E-state index in [0.29, 0.717) is 18.0 Å². The number of ether oxygens (including phenoxy) is 1. The molecule has 2 aromatic rings. The molecule has 0 spiro atoms. The van der Waals surface area contributed by atoms with Gasteiger partial charge in [0.05, 0.1) is 5.69 Å². The zero-order chi connectivity index (χ0) is 19.9. The van der Waals surface area contributed by atoms with Gasteiger partial charge >= 0.3 is 0 Å². The second-order valence-corrected chi connectivity index (χ2v) is 7.68. The number of nitrogens with one attached hydrogen (secondary N) is 1. The average molecular weight is 383 g/mol. The number of aryl methyl sites for hydroxylation is 1. The predicted octanol–water partition coefficient (Wildman–Crippen LogP) is 3.99. The van der Waals surface area contributed by atoms with Gasteiger partial charge in [-0.1, -0.05) is 29.8 Å². The third-order valence-corrected chi connectivity index (χ3v) is 5.31. The first-order valence-electron chi connectivity index (χ1n) is 10.0. The highest BCUT2D eigenvalue weighted by atomic mass is 16.5. The maximum Gasteiger partial charge on any atom is 0.221 e. The van der Waals surface area contributed by atoms with E-state index in [4.69, 9.17) is 4.74 Å². The van der Waals surface area contributed by atoms with Crippen molar-refractivity contribution in [1.82, 2.24) is 4.90 Å². The Balaban J connectivity index is 1.40. The van der Waals surface area contributed by atoms with E-state index in [9.17, 15) is 9.90 Å². The van der Waals surface area contributed by atoms with Gasteiger partial charge in [0.15, 0.2) is 0 Å². The second-order valence-electron chi connectivity index (χ2n) is 7.68. The number of phenolic OH excluding ortho intramolecular Hbond substituents is 1. The molecule has 0 saturated carbocycles. The molecule has 0 radical (unpaired) electrons. The number of nitrogens with zero attached hydrogens (tertiary/aromatic N) is 1. The minimum atomic E-state index is -0.221. The summed E-state index contributed by atoms with van der Waals surface area (Å²) in [6.45, 7) is 7.22. The average Bonchev–Trinajstić information content (AvgIpc) is 2.67. The number of carbonyl (C=O) groups is 1. The second kappa shape index (κ2) is 9.60. The van der Waals surface area contributed by atoms with E-state index in [1.54, 1.807) is 12.1 Å². The molecule has 1 heterocycles. The number of anilines is 1. The lowest BCUT2D eigenvalue weighted by Gasteiger charge is -2.32. The molecule has 1 saturated heterocycles. The van der Waals surface area contributed by atoms with Crippen LogP contribution in [0.2, 0.25) is 0 Å². The summed E-state index contributed by atoms with van der Waals surface area (Å²) in [6, 6.07) is 13.8. The molecule has 0 aromatic heterocycles. The first kappa shape index (κ1) is 20.2. The third kappa shape index (κ3) is 5.99. The number of phenols is 1. The normalized spacial score (nSPS) is 15.4.